The van der Waals surface area contributed by atoms with Crippen LogP contribution in [0.25, 0.3) is 0 Å². The van der Waals surface area contributed by atoms with Gasteiger partial charge in [0.25, 0.3) is 0 Å². The van der Waals surface area contributed by atoms with E-state index in [1.807, 2.05) is 18.7 Å². The summed E-state index contributed by atoms with van der Waals surface area (Å²) >= 11 is 0. The Labute approximate surface area is 90.3 Å². The quantitative estimate of drug-likeness (QED) is 0.760. The molecule has 2 rings (SSSR count). The van der Waals surface area contributed by atoms with Gasteiger partial charge >= 0.3 is 0 Å². The highest BCUT2D eigenvalue weighted by atomic mass is 15.3. The van der Waals surface area contributed by atoms with Gasteiger partial charge in [-0.25, -0.2) is 0 Å². The van der Waals surface area contributed by atoms with Gasteiger partial charge in [-0.1, -0.05) is 6.92 Å². The normalized spacial score (nSPS) is 26.6. The van der Waals surface area contributed by atoms with E-state index in [9.17, 15) is 0 Å². The molecule has 1 aromatic rings. The highest BCUT2D eigenvalue weighted by molar-refractivity contribution is 5.25. The van der Waals surface area contributed by atoms with E-state index in [0.717, 1.165) is 18.3 Å². The van der Waals surface area contributed by atoms with Crippen LogP contribution >= 0.6 is 0 Å². The van der Waals surface area contributed by atoms with Crippen molar-refractivity contribution in [2.75, 3.05) is 18.9 Å². The van der Waals surface area contributed by atoms with Crippen LogP contribution < -0.4 is 10.6 Å². The smallest absolute Gasteiger partial charge is 0.224 e. The maximum Gasteiger partial charge on any atom is 0.224 e. The van der Waals surface area contributed by atoms with Crippen molar-refractivity contribution in [2.24, 2.45) is 13.0 Å². The molecule has 15 heavy (non-hydrogen) atoms. The molecular weight excluding hydrogens is 190 g/mol. The summed E-state index contributed by atoms with van der Waals surface area (Å²) in [5.74, 6) is 2.49. The molecule has 2 heterocycles. The van der Waals surface area contributed by atoms with Crippen LogP contribution in [0.5, 0.6) is 0 Å². The standard InChI is InChI=1S/C10H19N5/c1-7-5-4-6-12-8(7)9-13-14-10(11-2)15(9)3/h7-8,12H,4-6H2,1-3H3,(H,11,14). The average molecular weight is 209 g/mol. The van der Waals surface area contributed by atoms with E-state index < -0.39 is 0 Å². The minimum Gasteiger partial charge on any atom is -0.357 e. The van der Waals surface area contributed by atoms with Gasteiger partial charge in [0.1, 0.15) is 0 Å². The molecule has 84 valence electrons. The topological polar surface area (TPSA) is 54.8 Å². The molecule has 1 saturated heterocycles. The van der Waals surface area contributed by atoms with Crippen LogP contribution in [0.15, 0.2) is 0 Å². The third kappa shape index (κ3) is 1.84. The Balaban J connectivity index is 2.23. The molecule has 1 aliphatic heterocycles. The molecule has 0 bridgehead atoms. The third-order valence-corrected chi connectivity index (χ3v) is 3.18. The van der Waals surface area contributed by atoms with Crippen LogP contribution in [0, 0.1) is 5.92 Å². The van der Waals surface area contributed by atoms with E-state index in [1.165, 1.54) is 12.8 Å². The van der Waals surface area contributed by atoms with Crippen molar-refractivity contribution < 1.29 is 0 Å². The lowest BCUT2D eigenvalue weighted by Gasteiger charge is -2.29. The van der Waals surface area contributed by atoms with Gasteiger partial charge in [-0.15, -0.1) is 10.2 Å². The van der Waals surface area contributed by atoms with Crippen LogP contribution in [-0.4, -0.2) is 28.4 Å². The highest BCUT2D eigenvalue weighted by Crippen LogP contribution is 2.28. The lowest BCUT2D eigenvalue weighted by atomic mass is 9.92. The highest BCUT2D eigenvalue weighted by Gasteiger charge is 2.26. The molecule has 1 fully saturated rings. The Bertz CT molecular complexity index is 333. The van der Waals surface area contributed by atoms with Gasteiger partial charge in [0.05, 0.1) is 6.04 Å². The van der Waals surface area contributed by atoms with E-state index in [1.54, 1.807) is 0 Å². The van der Waals surface area contributed by atoms with E-state index in [0.29, 0.717) is 12.0 Å². The number of hydrogen-bond acceptors (Lipinski definition) is 4. The number of nitrogens with one attached hydrogen (secondary N) is 2. The molecule has 1 aromatic heterocycles. The zero-order valence-corrected chi connectivity index (χ0v) is 9.62. The van der Waals surface area contributed by atoms with E-state index in [2.05, 4.69) is 27.8 Å². The number of rotatable bonds is 2. The lowest BCUT2D eigenvalue weighted by molar-refractivity contribution is 0.290. The largest absolute Gasteiger partial charge is 0.357 e. The fourth-order valence-electron chi connectivity index (χ4n) is 2.23. The van der Waals surface area contributed by atoms with Gasteiger partial charge in [-0.3, -0.25) is 4.57 Å². The number of piperidine rings is 1. The van der Waals surface area contributed by atoms with Crippen LogP contribution in [0.4, 0.5) is 5.95 Å². The van der Waals surface area contributed by atoms with Gasteiger partial charge in [0, 0.05) is 14.1 Å². The van der Waals surface area contributed by atoms with Crippen molar-refractivity contribution in [3.05, 3.63) is 5.82 Å². The van der Waals surface area contributed by atoms with Crippen molar-refractivity contribution in [2.45, 2.75) is 25.8 Å². The summed E-state index contributed by atoms with van der Waals surface area (Å²) < 4.78 is 2.03. The number of anilines is 1. The first-order valence-electron chi connectivity index (χ1n) is 5.54. The van der Waals surface area contributed by atoms with Gasteiger partial charge in [-0.05, 0) is 25.3 Å². The molecule has 0 aliphatic carbocycles. The molecular formula is C10H19N5. The Morgan fingerprint density at radius 2 is 2.27 bits per heavy atom. The summed E-state index contributed by atoms with van der Waals surface area (Å²) in [6, 6.07) is 0.346. The second kappa shape index (κ2) is 4.18. The second-order valence-electron chi connectivity index (χ2n) is 4.24. The van der Waals surface area contributed by atoms with Crippen LogP contribution in [-0.2, 0) is 7.05 Å². The molecule has 2 N–H and O–H groups in total. The zero-order valence-electron chi connectivity index (χ0n) is 9.62. The van der Waals surface area contributed by atoms with Crippen molar-refractivity contribution in [3.8, 4) is 0 Å². The van der Waals surface area contributed by atoms with E-state index in [4.69, 9.17) is 0 Å². The van der Waals surface area contributed by atoms with Crippen LogP contribution in [0.2, 0.25) is 0 Å². The summed E-state index contributed by atoms with van der Waals surface area (Å²) in [5.41, 5.74) is 0. The first kappa shape index (κ1) is 10.4. The average Bonchev–Trinajstić information content (AvgIpc) is 2.60. The molecule has 0 saturated carbocycles. The summed E-state index contributed by atoms with van der Waals surface area (Å²) in [6.07, 6.45) is 2.52. The van der Waals surface area contributed by atoms with Gasteiger partial charge < -0.3 is 10.6 Å². The molecule has 0 amide bonds. The molecule has 0 spiro atoms. The first-order chi connectivity index (χ1) is 7.24. The van der Waals surface area contributed by atoms with Crippen molar-refractivity contribution >= 4 is 5.95 Å². The summed E-state index contributed by atoms with van der Waals surface area (Å²) in [6.45, 7) is 3.35. The summed E-state index contributed by atoms with van der Waals surface area (Å²) in [7, 11) is 3.87. The van der Waals surface area contributed by atoms with Gasteiger partial charge in [-0.2, -0.15) is 0 Å². The Morgan fingerprint density at radius 1 is 1.47 bits per heavy atom. The van der Waals surface area contributed by atoms with Crippen molar-refractivity contribution in [1.29, 1.82) is 0 Å². The van der Waals surface area contributed by atoms with E-state index >= 15 is 0 Å². The minimum atomic E-state index is 0.346. The van der Waals surface area contributed by atoms with Gasteiger partial charge in [0.2, 0.25) is 5.95 Å². The number of hydrogen-bond donors (Lipinski definition) is 2. The Morgan fingerprint density at radius 3 is 2.87 bits per heavy atom. The first-order valence-corrected chi connectivity index (χ1v) is 5.54. The van der Waals surface area contributed by atoms with Gasteiger partial charge in [0.15, 0.2) is 5.82 Å². The number of nitrogens with zero attached hydrogens (tertiary/aromatic N) is 3. The Kier molecular flexibility index (Phi) is 2.90. The predicted molar refractivity (Wildman–Crippen MR) is 59.7 cm³/mol. The maximum absolute atomic E-state index is 4.25. The molecule has 5 nitrogen and oxygen atoms in total. The zero-order chi connectivity index (χ0) is 10.8. The van der Waals surface area contributed by atoms with Crippen LogP contribution in [0.3, 0.4) is 0 Å². The molecule has 0 aromatic carbocycles. The summed E-state index contributed by atoms with van der Waals surface area (Å²) in [5, 5.41) is 14.9. The third-order valence-electron chi connectivity index (χ3n) is 3.18. The second-order valence-corrected chi connectivity index (χ2v) is 4.24. The van der Waals surface area contributed by atoms with Crippen LogP contribution in [0.1, 0.15) is 31.6 Å². The number of aromatic nitrogens is 3. The lowest BCUT2D eigenvalue weighted by Crippen LogP contribution is -2.34. The molecule has 5 heteroatoms. The van der Waals surface area contributed by atoms with Crippen molar-refractivity contribution in [3.63, 3.8) is 0 Å². The monoisotopic (exact) mass is 209 g/mol. The SMILES string of the molecule is CNc1nnc(C2NCCCC2C)n1C. The molecule has 2 unspecified atom stereocenters. The Hall–Kier alpha value is -1.10. The maximum atomic E-state index is 4.25. The molecule has 2 atom stereocenters. The fourth-order valence-corrected chi connectivity index (χ4v) is 2.23. The van der Waals surface area contributed by atoms with E-state index in [-0.39, 0.29) is 0 Å². The summed E-state index contributed by atoms with van der Waals surface area (Å²) in [4.78, 5) is 0. The van der Waals surface area contributed by atoms with Crippen molar-refractivity contribution in [1.82, 2.24) is 20.1 Å². The minimum absolute atomic E-state index is 0.346. The predicted octanol–water partition coefficient (Wildman–Crippen LogP) is 0.917. The molecule has 0 radical (unpaired) electrons. The molecule has 1 aliphatic rings. The fraction of sp³-hybridized carbons (Fsp3) is 0.800.